The van der Waals surface area contributed by atoms with Gasteiger partial charge in [-0.1, -0.05) is 109 Å². The third-order valence-corrected chi connectivity index (χ3v) is 6.19. The Hall–Kier alpha value is -3.38. The molecule has 0 aromatic heterocycles. The molecule has 2 aliphatic rings. The lowest BCUT2D eigenvalue weighted by atomic mass is 9.60. The molecule has 0 amide bonds. The Labute approximate surface area is 165 Å². The van der Waals surface area contributed by atoms with Gasteiger partial charge < -0.3 is 0 Å². The first-order valence-corrected chi connectivity index (χ1v) is 9.80. The first kappa shape index (κ1) is 15.7. The van der Waals surface area contributed by atoms with E-state index in [0.29, 0.717) is 0 Å². The number of hydrogen-bond donors (Lipinski definition) is 0. The average molecular weight is 355 g/mol. The van der Waals surface area contributed by atoms with Crippen LogP contribution >= 0.6 is 0 Å². The lowest BCUT2D eigenvalue weighted by Crippen LogP contribution is -2.34. The molecule has 28 heavy (non-hydrogen) atoms. The van der Waals surface area contributed by atoms with Gasteiger partial charge in [-0.25, -0.2) is 0 Å². The molecule has 0 heteroatoms. The predicted octanol–water partition coefficient (Wildman–Crippen LogP) is 6.74. The Kier molecular flexibility index (Phi) is 3.25. The SMILES string of the molecule is [CH]1c2ccccc2-c2ccccc2C12c1ccccc1C=Cc1ccccc12. The summed E-state index contributed by atoms with van der Waals surface area (Å²) in [6.45, 7) is 0. The Morgan fingerprint density at radius 2 is 0.857 bits per heavy atom. The average Bonchev–Trinajstić information content (AvgIpc) is 2.90. The van der Waals surface area contributed by atoms with Crippen molar-refractivity contribution in [1.82, 2.24) is 0 Å². The van der Waals surface area contributed by atoms with E-state index in [0.717, 1.165) is 0 Å². The summed E-state index contributed by atoms with van der Waals surface area (Å²) in [4.78, 5) is 0. The maximum Gasteiger partial charge on any atom is 0.0544 e. The summed E-state index contributed by atoms with van der Waals surface area (Å²) in [7, 11) is 0. The van der Waals surface area contributed by atoms with Crippen LogP contribution in [0.15, 0.2) is 97.1 Å². The number of hydrogen-bond acceptors (Lipinski definition) is 0. The minimum absolute atomic E-state index is 0.304. The molecule has 0 heterocycles. The van der Waals surface area contributed by atoms with Crippen molar-refractivity contribution < 1.29 is 0 Å². The maximum atomic E-state index is 2.48. The Balaban J connectivity index is 1.80. The van der Waals surface area contributed by atoms with E-state index in [1.165, 1.54) is 44.5 Å². The molecule has 0 bridgehead atoms. The van der Waals surface area contributed by atoms with Gasteiger partial charge in [0, 0.05) is 6.42 Å². The van der Waals surface area contributed by atoms with Crippen LogP contribution in [0.1, 0.15) is 33.4 Å². The number of fused-ring (bicyclic) bond motifs is 8. The molecule has 0 unspecified atom stereocenters. The van der Waals surface area contributed by atoms with Gasteiger partial charge in [-0.15, -0.1) is 0 Å². The minimum Gasteiger partial charge on any atom is -0.0619 e. The van der Waals surface area contributed by atoms with E-state index in [-0.39, 0.29) is 5.41 Å². The van der Waals surface area contributed by atoms with Crippen molar-refractivity contribution in [3.8, 4) is 11.1 Å². The van der Waals surface area contributed by atoms with Gasteiger partial charge in [-0.3, -0.25) is 0 Å². The molecule has 0 fully saturated rings. The third-order valence-electron chi connectivity index (χ3n) is 6.19. The van der Waals surface area contributed by atoms with Gasteiger partial charge in [0.2, 0.25) is 0 Å². The van der Waals surface area contributed by atoms with E-state index >= 15 is 0 Å². The van der Waals surface area contributed by atoms with Crippen molar-refractivity contribution in [2.75, 3.05) is 0 Å². The topological polar surface area (TPSA) is 0 Å². The fraction of sp³-hybridized carbons (Fsp3) is 0.0357. The van der Waals surface area contributed by atoms with Crippen molar-refractivity contribution in [1.29, 1.82) is 0 Å². The molecule has 0 nitrogen and oxygen atoms in total. The van der Waals surface area contributed by atoms with Crippen LogP contribution in [0.5, 0.6) is 0 Å². The molecule has 1 radical (unpaired) electrons. The highest BCUT2D eigenvalue weighted by Gasteiger charge is 2.44. The van der Waals surface area contributed by atoms with Crippen LogP contribution in [0.3, 0.4) is 0 Å². The zero-order chi connectivity index (χ0) is 18.6. The highest BCUT2D eigenvalue weighted by molar-refractivity contribution is 5.87. The molecule has 4 aromatic rings. The molecule has 0 aliphatic heterocycles. The van der Waals surface area contributed by atoms with E-state index in [1.54, 1.807) is 0 Å². The van der Waals surface area contributed by atoms with Crippen LogP contribution in [-0.4, -0.2) is 0 Å². The first-order valence-electron chi connectivity index (χ1n) is 9.80. The second-order valence-corrected chi connectivity index (χ2v) is 7.59. The highest BCUT2D eigenvalue weighted by atomic mass is 14.5. The quantitative estimate of drug-likeness (QED) is 0.328. The second kappa shape index (κ2) is 5.81. The van der Waals surface area contributed by atoms with E-state index in [9.17, 15) is 0 Å². The van der Waals surface area contributed by atoms with Gasteiger partial charge in [0.15, 0.2) is 0 Å². The van der Waals surface area contributed by atoms with E-state index < -0.39 is 0 Å². The largest absolute Gasteiger partial charge is 0.0619 e. The van der Waals surface area contributed by atoms with Gasteiger partial charge >= 0.3 is 0 Å². The first-order chi connectivity index (χ1) is 13.9. The van der Waals surface area contributed by atoms with E-state index in [2.05, 4.69) is 116 Å². The molecule has 6 rings (SSSR count). The van der Waals surface area contributed by atoms with Crippen LogP contribution in [0.2, 0.25) is 0 Å². The Morgan fingerprint density at radius 1 is 0.393 bits per heavy atom. The monoisotopic (exact) mass is 355 g/mol. The fourth-order valence-corrected chi connectivity index (χ4v) is 5.01. The van der Waals surface area contributed by atoms with Gasteiger partial charge in [0.1, 0.15) is 0 Å². The van der Waals surface area contributed by atoms with Gasteiger partial charge in [0.05, 0.1) is 5.41 Å². The molecular weight excluding hydrogens is 336 g/mol. The van der Waals surface area contributed by atoms with Crippen LogP contribution in [0.25, 0.3) is 23.3 Å². The molecule has 0 N–H and O–H groups in total. The van der Waals surface area contributed by atoms with Crippen molar-refractivity contribution in [3.63, 3.8) is 0 Å². The summed E-state index contributed by atoms with van der Waals surface area (Å²) >= 11 is 0. The molecule has 0 saturated carbocycles. The van der Waals surface area contributed by atoms with Gasteiger partial charge in [-0.2, -0.15) is 0 Å². The number of rotatable bonds is 0. The zero-order valence-electron chi connectivity index (χ0n) is 15.5. The summed E-state index contributed by atoms with van der Waals surface area (Å²) in [6.07, 6.45) is 7.01. The molecule has 2 aliphatic carbocycles. The molecule has 0 saturated heterocycles. The standard InChI is InChI=1S/C28H19/c1-4-12-23-22(11-1)19-28(27-16-8-5-13-24(23)27)25-14-6-2-9-20(25)17-18-21-10-3-7-15-26(21)28/h1-19H. The molecule has 1 spiro atoms. The normalized spacial score (nSPS) is 15.1. The third kappa shape index (κ3) is 2.00. The molecule has 4 aromatic carbocycles. The molecule has 0 atom stereocenters. The zero-order valence-corrected chi connectivity index (χ0v) is 15.5. The van der Waals surface area contributed by atoms with Crippen molar-refractivity contribution in [2.45, 2.75) is 5.41 Å². The summed E-state index contributed by atoms with van der Waals surface area (Å²) in [5.74, 6) is 0. The molecular formula is C28H19. The Bertz CT molecular complexity index is 1190. The van der Waals surface area contributed by atoms with Gasteiger partial charge in [-0.05, 0) is 44.5 Å². The van der Waals surface area contributed by atoms with Crippen LogP contribution in [0.4, 0.5) is 0 Å². The lowest BCUT2D eigenvalue weighted by Gasteiger charge is -2.42. The van der Waals surface area contributed by atoms with Crippen molar-refractivity contribution >= 4 is 12.2 Å². The summed E-state index contributed by atoms with van der Waals surface area (Å²) in [5.41, 5.74) is 10.2. The van der Waals surface area contributed by atoms with Crippen LogP contribution in [0, 0.1) is 6.42 Å². The number of benzene rings is 4. The van der Waals surface area contributed by atoms with E-state index in [4.69, 9.17) is 0 Å². The lowest BCUT2D eigenvalue weighted by molar-refractivity contribution is 0.722. The van der Waals surface area contributed by atoms with Gasteiger partial charge in [0.25, 0.3) is 0 Å². The highest BCUT2D eigenvalue weighted by Crippen LogP contribution is 2.54. The fourth-order valence-electron chi connectivity index (χ4n) is 5.01. The van der Waals surface area contributed by atoms with Crippen molar-refractivity contribution in [2.24, 2.45) is 0 Å². The van der Waals surface area contributed by atoms with Crippen molar-refractivity contribution in [3.05, 3.63) is 137 Å². The predicted molar refractivity (Wildman–Crippen MR) is 117 cm³/mol. The second-order valence-electron chi connectivity index (χ2n) is 7.59. The van der Waals surface area contributed by atoms with E-state index in [1.807, 2.05) is 0 Å². The minimum atomic E-state index is -0.304. The summed E-state index contributed by atoms with van der Waals surface area (Å²) < 4.78 is 0. The maximum absolute atomic E-state index is 2.48. The summed E-state index contributed by atoms with van der Waals surface area (Å²) in [6, 6.07) is 35.3. The summed E-state index contributed by atoms with van der Waals surface area (Å²) in [5, 5.41) is 0. The van der Waals surface area contributed by atoms with Crippen LogP contribution < -0.4 is 0 Å². The van der Waals surface area contributed by atoms with Crippen LogP contribution in [-0.2, 0) is 5.41 Å². The Morgan fingerprint density at radius 3 is 1.50 bits per heavy atom. The molecule has 131 valence electrons. The smallest absolute Gasteiger partial charge is 0.0544 e.